The van der Waals surface area contributed by atoms with Crippen molar-refractivity contribution in [3.63, 3.8) is 0 Å². The van der Waals surface area contributed by atoms with E-state index in [2.05, 4.69) is 29.2 Å². The van der Waals surface area contributed by atoms with Crippen molar-refractivity contribution in [2.75, 3.05) is 23.3 Å². The summed E-state index contributed by atoms with van der Waals surface area (Å²) in [6, 6.07) is 8.55. The average Bonchev–Trinajstić information content (AvgIpc) is 3.02. The molecule has 0 aliphatic heterocycles. The molecule has 0 saturated heterocycles. The molecule has 0 unspecified atom stereocenters. The zero-order valence-electron chi connectivity index (χ0n) is 15.7. The first-order chi connectivity index (χ1) is 12.8. The molecule has 3 rings (SSSR count). The minimum absolute atomic E-state index is 0.105. The molecule has 0 fully saturated rings. The minimum atomic E-state index is -3.68. The molecule has 27 heavy (non-hydrogen) atoms. The van der Waals surface area contributed by atoms with Crippen LogP contribution in [0.5, 0.6) is 0 Å². The monoisotopic (exact) mass is 388 g/mol. The Morgan fingerprint density at radius 1 is 1.19 bits per heavy atom. The molecule has 0 bridgehead atoms. The smallest absolute Gasteiger partial charge is 0.238 e. The Morgan fingerprint density at radius 3 is 2.44 bits per heavy atom. The maximum atomic E-state index is 11.4. The molecule has 2 aromatic heterocycles. The number of hydrogen-bond acceptors (Lipinski definition) is 6. The second-order valence-electron chi connectivity index (χ2n) is 6.25. The molecule has 3 aromatic rings. The third-order valence-corrected chi connectivity index (χ3v) is 5.44. The van der Waals surface area contributed by atoms with E-state index >= 15 is 0 Å². The molecular weight excluding hydrogens is 364 g/mol. The van der Waals surface area contributed by atoms with Crippen molar-refractivity contribution in [1.82, 2.24) is 14.8 Å². The average molecular weight is 388 g/mol. The Balaban J connectivity index is 1.89. The fourth-order valence-electron chi connectivity index (χ4n) is 2.95. The summed E-state index contributed by atoms with van der Waals surface area (Å²) in [6.07, 6.45) is 1.79. The van der Waals surface area contributed by atoms with Crippen molar-refractivity contribution in [3.8, 4) is 0 Å². The number of anilines is 2. The van der Waals surface area contributed by atoms with Crippen LogP contribution in [0.25, 0.3) is 11.0 Å². The van der Waals surface area contributed by atoms with E-state index in [0.717, 1.165) is 41.2 Å². The highest BCUT2D eigenvalue weighted by Crippen LogP contribution is 2.27. The van der Waals surface area contributed by atoms with Crippen LogP contribution in [-0.2, 0) is 23.6 Å². The number of nitrogens with two attached hydrogens (primary N) is 1. The lowest BCUT2D eigenvalue weighted by Gasteiger charge is -2.21. The van der Waals surface area contributed by atoms with Crippen molar-refractivity contribution in [2.24, 2.45) is 12.2 Å². The first-order valence-corrected chi connectivity index (χ1v) is 10.3. The number of sulfonamides is 1. The SMILES string of the molecule is CCN(CC)c1cc(NCc2ccc(S(N)(=O)=O)cc2)c2cnn(C)c2n1. The van der Waals surface area contributed by atoms with E-state index in [-0.39, 0.29) is 4.90 Å². The van der Waals surface area contributed by atoms with E-state index in [1.165, 1.54) is 12.1 Å². The van der Waals surface area contributed by atoms with E-state index in [4.69, 9.17) is 10.1 Å². The Bertz CT molecular complexity index is 1040. The van der Waals surface area contributed by atoms with Crippen LogP contribution in [0.4, 0.5) is 11.5 Å². The Hall–Kier alpha value is -2.65. The van der Waals surface area contributed by atoms with Gasteiger partial charge in [-0.15, -0.1) is 0 Å². The number of rotatable bonds is 7. The van der Waals surface area contributed by atoms with Gasteiger partial charge in [0.1, 0.15) is 5.82 Å². The summed E-state index contributed by atoms with van der Waals surface area (Å²) in [6.45, 7) is 6.46. The molecule has 3 N–H and O–H groups in total. The van der Waals surface area contributed by atoms with Gasteiger partial charge < -0.3 is 10.2 Å². The second-order valence-corrected chi connectivity index (χ2v) is 7.81. The van der Waals surface area contributed by atoms with Crippen LogP contribution in [0.3, 0.4) is 0 Å². The summed E-state index contributed by atoms with van der Waals surface area (Å²) < 4.78 is 24.5. The largest absolute Gasteiger partial charge is 0.380 e. The molecule has 9 heteroatoms. The molecule has 0 aliphatic carbocycles. The normalized spacial score (nSPS) is 11.7. The maximum absolute atomic E-state index is 11.4. The second kappa shape index (κ2) is 7.53. The number of fused-ring (bicyclic) bond motifs is 1. The standard InChI is InChI=1S/C18H24N6O2S/c1-4-24(5-2)17-10-16(15-12-21-23(3)18(15)22-17)20-11-13-6-8-14(9-7-13)27(19,25)26/h6-10,12H,4-5,11H2,1-3H3,(H,20,22)(H2,19,25,26). The topological polar surface area (TPSA) is 106 Å². The van der Waals surface area contributed by atoms with E-state index in [0.29, 0.717) is 6.54 Å². The van der Waals surface area contributed by atoms with Gasteiger partial charge in [-0.1, -0.05) is 12.1 Å². The molecule has 0 aliphatic rings. The molecular formula is C18H24N6O2S. The first-order valence-electron chi connectivity index (χ1n) is 8.76. The number of aromatic nitrogens is 3. The highest BCUT2D eigenvalue weighted by atomic mass is 32.2. The summed E-state index contributed by atoms with van der Waals surface area (Å²) in [5, 5.41) is 13.8. The van der Waals surface area contributed by atoms with E-state index < -0.39 is 10.0 Å². The number of aryl methyl sites for hydroxylation is 1. The molecule has 2 heterocycles. The van der Waals surface area contributed by atoms with Crippen molar-refractivity contribution in [2.45, 2.75) is 25.3 Å². The zero-order chi connectivity index (χ0) is 19.6. The van der Waals surface area contributed by atoms with Gasteiger partial charge in [0.25, 0.3) is 0 Å². The van der Waals surface area contributed by atoms with Gasteiger partial charge in [0.05, 0.1) is 22.2 Å². The number of nitrogens with one attached hydrogen (secondary N) is 1. The van der Waals surface area contributed by atoms with Gasteiger partial charge in [-0.3, -0.25) is 4.68 Å². The van der Waals surface area contributed by atoms with Crippen LogP contribution in [-0.4, -0.2) is 36.3 Å². The highest BCUT2D eigenvalue weighted by molar-refractivity contribution is 7.89. The fourth-order valence-corrected chi connectivity index (χ4v) is 3.47. The Labute approximate surface area is 159 Å². The van der Waals surface area contributed by atoms with E-state index in [9.17, 15) is 8.42 Å². The van der Waals surface area contributed by atoms with Crippen molar-refractivity contribution in [1.29, 1.82) is 0 Å². The zero-order valence-corrected chi connectivity index (χ0v) is 16.5. The molecule has 8 nitrogen and oxygen atoms in total. The number of primary sulfonamides is 1. The van der Waals surface area contributed by atoms with Gasteiger partial charge in [0.15, 0.2) is 5.65 Å². The van der Waals surface area contributed by atoms with Crippen LogP contribution in [0.15, 0.2) is 41.4 Å². The van der Waals surface area contributed by atoms with Crippen LogP contribution in [0.2, 0.25) is 0 Å². The van der Waals surface area contributed by atoms with Gasteiger partial charge in [-0.2, -0.15) is 5.10 Å². The first kappa shape index (κ1) is 19.1. The molecule has 0 atom stereocenters. The number of pyridine rings is 1. The van der Waals surface area contributed by atoms with Gasteiger partial charge >= 0.3 is 0 Å². The van der Waals surface area contributed by atoms with Gasteiger partial charge in [-0.25, -0.2) is 18.5 Å². The van der Waals surface area contributed by atoms with E-state index in [1.54, 1.807) is 23.0 Å². The summed E-state index contributed by atoms with van der Waals surface area (Å²) in [4.78, 5) is 7.02. The minimum Gasteiger partial charge on any atom is -0.380 e. The lowest BCUT2D eigenvalue weighted by Crippen LogP contribution is -2.23. The Kier molecular flexibility index (Phi) is 5.33. The number of nitrogens with zero attached hydrogens (tertiary/aromatic N) is 4. The third kappa shape index (κ3) is 4.04. The lowest BCUT2D eigenvalue weighted by molar-refractivity contribution is 0.598. The lowest BCUT2D eigenvalue weighted by atomic mass is 10.2. The Morgan fingerprint density at radius 2 is 1.85 bits per heavy atom. The third-order valence-electron chi connectivity index (χ3n) is 4.51. The van der Waals surface area contributed by atoms with Gasteiger partial charge in [-0.05, 0) is 31.5 Å². The molecule has 1 aromatic carbocycles. The van der Waals surface area contributed by atoms with Crippen LogP contribution in [0.1, 0.15) is 19.4 Å². The van der Waals surface area contributed by atoms with Crippen molar-refractivity contribution in [3.05, 3.63) is 42.1 Å². The number of hydrogen-bond donors (Lipinski definition) is 2. The van der Waals surface area contributed by atoms with Gasteiger partial charge in [0, 0.05) is 32.7 Å². The summed E-state index contributed by atoms with van der Waals surface area (Å²) in [7, 11) is -1.81. The number of benzene rings is 1. The quantitative estimate of drug-likeness (QED) is 0.642. The molecule has 0 spiro atoms. The van der Waals surface area contributed by atoms with Crippen LogP contribution in [0, 0.1) is 0 Å². The van der Waals surface area contributed by atoms with Gasteiger partial charge in [0.2, 0.25) is 10.0 Å². The van der Waals surface area contributed by atoms with Crippen molar-refractivity contribution < 1.29 is 8.42 Å². The van der Waals surface area contributed by atoms with Crippen molar-refractivity contribution >= 4 is 32.6 Å². The summed E-state index contributed by atoms with van der Waals surface area (Å²) >= 11 is 0. The maximum Gasteiger partial charge on any atom is 0.238 e. The highest BCUT2D eigenvalue weighted by Gasteiger charge is 2.13. The van der Waals surface area contributed by atoms with E-state index in [1.807, 2.05) is 13.1 Å². The van der Waals surface area contributed by atoms with Crippen LogP contribution < -0.4 is 15.4 Å². The molecule has 0 amide bonds. The predicted molar refractivity (Wildman–Crippen MR) is 107 cm³/mol. The summed E-state index contributed by atoms with van der Waals surface area (Å²) in [5.74, 6) is 0.892. The molecule has 144 valence electrons. The molecule has 0 radical (unpaired) electrons. The fraction of sp³-hybridized carbons (Fsp3) is 0.333. The summed E-state index contributed by atoms with van der Waals surface area (Å²) in [5.41, 5.74) is 2.69. The molecule has 0 saturated carbocycles. The van der Waals surface area contributed by atoms with Crippen LogP contribution >= 0.6 is 0 Å². The predicted octanol–water partition coefficient (Wildman–Crippen LogP) is 2.07.